The molecule has 1 rings (SSSR count). The molecule has 0 unspecified atom stereocenters. The summed E-state index contributed by atoms with van der Waals surface area (Å²) >= 11 is 0. The lowest BCUT2D eigenvalue weighted by atomic mass is 10.1. The van der Waals surface area contributed by atoms with Gasteiger partial charge in [0.15, 0.2) is 0 Å². The quantitative estimate of drug-likeness (QED) is 0.717. The second-order valence-corrected chi connectivity index (χ2v) is 7.11. The molecule has 0 fully saturated rings. The Bertz CT molecular complexity index is 551. The molecule has 0 aromatic heterocycles. The minimum absolute atomic E-state index is 0.0588. The summed E-state index contributed by atoms with van der Waals surface area (Å²) in [5.41, 5.74) is 1.09. The Hall–Kier alpha value is -1.40. The molecule has 118 valence electrons. The van der Waals surface area contributed by atoms with Crippen LogP contribution in [0.5, 0.6) is 0 Å². The van der Waals surface area contributed by atoms with Crippen molar-refractivity contribution in [1.29, 1.82) is 0 Å². The maximum Gasteiger partial charge on any atom is 0.240 e. The molecule has 1 aromatic carbocycles. The Balaban J connectivity index is 2.44. The number of sulfonamides is 1. The van der Waals surface area contributed by atoms with Crippen LogP contribution in [0, 0.1) is 5.92 Å². The van der Waals surface area contributed by atoms with Crippen molar-refractivity contribution in [2.24, 2.45) is 5.92 Å². The Morgan fingerprint density at radius 2 is 1.76 bits per heavy atom. The molecule has 0 bridgehead atoms. The summed E-state index contributed by atoms with van der Waals surface area (Å²) in [4.78, 5) is 11.7. The molecule has 2 N–H and O–H groups in total. The zero-order valence-corrected chi connectivity index (χ0v) is 13.7. The molecule has 1 aromatic rings. The van der Waals surface area contributed by atoms with E-state index in [2.05, 4.69) is 10.0 Å². The third kappa shape index (κ3) is 6.27. The van der Waals surface area contributed by atoms with E-state index in [-0.39, 0.29) is 23.9 Å². The molecule has 6 heteroatoms. The van der Waals surface area contributed by atoms with E-state index >= 15 is 0 Å². The first-order chi connectivity index (χ1) is 9.85. The van der Waals surface area contributed by atoms with Gasteiger partial charge in [-0.1, -0.05) is 32.9 Å². The summed E-state index contributed by atoms with van der Waals surface area (Å²) in [5.74, 6) is 0.232. The summed E-state index contributed by atoms with van der Waals surface area (Å²) in [7, 11) is -3.51. The van der Waals surface area contributed by atoms with Gasteiger partial charge < -0.3 is 5.32 Å². The number of hydrogen-bond acceptors (Lipinski definition) is 3. The van der Waals surface area contributed by atoms with Crippen LogP contribution >= 0.6 is 0 Å². The second kappa shape index (κ2) is 8.14. The Morgan fingerprint density at radius 1 is 1.14 bits per heavy atom. The minimum atomic E-state index is -3.51. The van der Waals surface area contributed by atoms with Crippen LogP contribution < -0.4 is 10.0 Å². The van der Waals surface area contributed by atoms with E-state index in [0.29, 0.717) is 12.3 Å². The van der Waals surface area contributed by atoms with Crippen molar-refractivity contribution in [1.82, 2.24) is 10.0 Å². The zero-order valence-electron chi connectivity index (χ0n) is 12.8. The average molecular weight is 312 g/mol. The van der Waals surface area contributed by atoms with Gasteiger partial charge in [-0.15, -0.1) is 0 Å². The number of benzene rings is 1. The lowest BCUT2D eigenvalue weighted by molar-refractivity contribution is -0.121. The monoisotopic (exact) mass is 312 g/mol. The molecule has 0 saturated carbocycles. The van der Waals surface area contributed by atoms with Crippen molar-refractivity contribution in [3.8, 4) is 0 Å². The average Bonchev–Trinajstić information content (AvgIpc) is 2.43. The third-order valence-corrected chi connectivity index (χ3v) is 4.45. The summed E-state index contributed by atoms with van der Waals surface area (Å²) < 4.78 is 26.5. The standard InChI is InChI=1S/C15H24N2O3S/c1-4-13-5-7-14(8-6-13)21(19,20)17-10-9-16-15(18)11-12(2)3/h5-8,12,17H,4,9-11H2,1-3H3,(H,16,18). The highest BCUT2D eigenvalue weighted by Crippen LogP contribution is 2.10. The SMILES string of the molecule is CCc1ccc(S(=O)(=O)NCCNC(=O)CC(C)C)cc1. The van der Waals surface area contributed by atoms with Crippen LogP contribution in [-0.2, 0) is 21.2 Å². The van der Waals surface area contributed by atoms with Crippen molar-refractivity contribution in [2.45, 2.75) is 38.5 Å². The van der Waals surface area contributed by atoms with Crippen LogP contribution in [0.2, 0.25) is 0 Å². The molecule has 5 nitrogen and oxygen atoms in total. The first-order valence-electron chi connectivity index (χ1n) is 7.20. The lowest BCUT2D eigenvalue weighted by Crippen LogP contribution is -2.35. The van der Waals surface area contributed by atoms with E-state index < -0.39 is 10.0 Å². The van der Waals surface area contributed by atoms with E-state index in [1.807, 2.05) is 20.8 Å². The van der Waals surface area contributed by atoms with Crippen molar-refractivity contribution < 1.29 is 13.2 Å². The summed E-state index contributed by atoms with van der Waals surface area (Å²) in [6, 6.07) is 6.80. The predicted octanol–water partition coefficient (Wildman–Crippen LogP) is 1.69. The first-order valence-corrected chi connectivity index (χ1v) is 8.68. The molecule has 0 spiro atoms. The highest BCUT2D eigenvalue weighted by atomic mass is 32.2. The van der Waals surface area contributed by atoms with Crippen LogP contribution in [0.3, 0.4) is 0 Å². The van der Waals surface area contributed by atoms with Crippen molar-refractivity contribution in [3.63, 3.8) is 0 Å². The molecule has 1 amide bonds. The van der Waals surface area contributed by atoms with E-state index in [9.17, 15) is 13.2 Å². The first kappa shape index (κ1) is 17.7. The molecular weight excluding hydrogens is 288 g/mol. The molecule has 0 aliphatic rings. The van der Waals surface area contributed by atoms with Gasteiger partial charge in [-0.25, -0.2) is 13.1 Å². The highest BCUT2D eigenvalue weighted by Gasteiger charge is 2.13. The molecule has 0 aliphatic carbocycles. The second-order valence-electron chi connectivity index (χ2n) is 5.34. The van der Waals surface area contributed by atoms with Gasteiger partial charge in [0.05, 0.1) is 4.90 Å². The number of carbonyl (C=O) groups is 1. The molecule has 0 atom stereocenters. The van der Waals surface area contributed by atoms with Crippen molar-refractivity contribution >= 4 is 15.9 Å². The van der Waals surface area contributed by atoms with Gasteiger partial charge in [0.1, 0.15) is 0 Å². The molecule has 0 radical (unpaired) electrons. The minimum Gasteiger partial charge on any atom is -0.355 e. The maximum atomic E-state index is 12.0. The topological polar surface area (TPSA) is 75.3 Å². The van der Waals surface area contributed by atoms with Gasteiger partial charge in [-0.3, -0.25) is 4.79 Å². The number of amides is 1. The predicted molar refractivity (Wildman–Crippen MR) is 83.5 cm³/mol. The van der Waals surface area contributed by atoms with Crippen LogP contribution in [0.25, 0.3) is 0 Å². The molecule has 0 saturated heterocycles. The number of carbonyl (C=O) groups excluding carboxylic acids is 1. The van der Waals surface area contributed by atoms with Gasteiger partial charge in [-0.2, -0.15) is 0 Å². The van der Waals surface area contributed by atoms with Gasteiger partial charge in [-0.05, 0) is 30.0 Å². The van der Waals surface area contributed by atoms with Gasteiger partial charge >= 0.3 is 0 Å². The maximum absolute atomic E-state index is 12.0. The van der Waals surface area contributed by atoms with Gasteiger partial charge in [0.25, 0.3) is 0 Å². The Kier molecular flexibility index (Phi) is 6.84. The van der Waals surface area contributed by atoms with Crippen LogP contribution in [0.15, 0.2) is 29.2 Å². The zero-order chi connectivity index (χ0) is 15.9. The smallest absolute Gasteiger partial charge is 0.240 e. The summed E-state index contributed by atoms with van der Waals surface area (Å²) in [6.07, 6.45) is 1.32. The fraction of sp³-hybridized carbons (Fsp3) is 0.533. The number of nitrogens with one attached hydrogen (secondary N) is 2. The summed E-state index contributed by atoms with van der Waals surface area (Å²) in [5, 5.41) is 2.69. The van der Waals surface area contributed by atoms with Gasteiger partial charge in [0.2, 0.25) is 15.9 Å². The number of hydrogen-bond donors (Lipinski definition) is 2. The van der Waals surface area contributed by atoms with E-state index in [4.69, 9.17) is 0 Å². The summed E-state index contributed by atoms with van der Waals surface area (Å²) in [6.45, 7) is 6.41. The molecular formula is C15H24N2O3S. The fourth-order valence-corrected chi connectivity index (χ4v) is 2.85. The van der Waals surface area contributed by atoms with E-state index in [1.54, 1.807) is 24.3 Å². The lowest BCUT2D eigenvalue weighted by Gasteiger charge is -2.09. The Labute approximate surface area is 127 Å². The van der Waals surface area contributed by atoms with E-state index in [1.165, 1.54) is 0 Å². The van der Waals surface area contributed by atoms with Crippen LogP contribution in [-0.4, -0.2) is 27.4 Å². The van der Waals surface area contributed by atoms with Crippen LogP contribution in [0.1, 0.15) is 32.8 Å². The third-order valence-electron chi connectivity index (χ3n) is 2.97. The van der Waals surface area contributed by atoms with Crippen molar-refractivity contribution in [3.05, 3.63) is 29.8 Å². The molecule has 0 heterocycles. The van der Waals surface area contributed by atoms with Crippen molar-refractivity contribution in [2.75, 3.05) is 13.1 Å². The fourth-order valence-electron chi connectivity index (χ4n) is 1.82. The van der Waals surface area contributed by atoms with Crippen LogP contribution in [0.4, 0.5) is 0 Å². The Morgan fingerprint density at radius 3 is 2.29 bits per heavy atom. The number of rotatable bonds is 8. The highest BCUT2D eigenvalue weighted by molar-refractivity contribution is 7.89. The molecule has 21 heavy (non-hydrogen) atoms. The molecule has 0 aliphatic heterocycles. The number of aryl methyl sites for hydroxylation is 1. The normalized spacial score (nSPS) is 11.6. The van der Waals surface area contributed by atoms with Gasteiger partial charge in [0, 0.05) is 19.5 Å². The van der Waals surface area contributed by atoms with E-state index in [0.717, 1.165) is 12.0 Å². The largest absolute Gasteiger partial charge is 0.355 e.